The largest absolute Gasteiger partial charge is 0.302 e. The van der Waals surface area contributed by atoms with Crippen molar-refractivity contribution in [2.75, 3.05) is 6.26 Å². The van der Waals surface area contributed by atoms with Gasteiger partial charge in [-0.3, -0.25) is 0 Å². The number of rotatable bonds is 2. The maximum Gasteiger partial charge on any atom is 0.103 e. The Morgan fingerprint density at radius 1 is 1.32 bits per heavy atom. The number of nitrogens with zero attached hydrogens (tertiary/aromatic N) is 3. The van der Waals surface area contributed by atoms with Crippen molar-refractivity contribution in [3.8, 4) is 11.8 Å². The van der Waals surface area contributed by atoms with Gasteiger partial charge in [0.15, 0.2) is 0 Å². The first kappa shape index (κ1) is 12.3. The molecule has 0 saturated heterocycles. The number of thioether (sulfide) groups is 1. The van der Waals surface area contributed by atoms with Crippen LogP contribution in [0.5, 0.6) is 0 Å². The van der Waals surface area contributed by atoms with Crippen molar-refractivity contribution in [1.29, 1.82) is 5.26 Å². The molecule has 3 nitrogen and oxygen atoms in total. The van der Waals surface area contributed by atoms with E-state index in [0.717, 1.165) is 29.0 Å². The summed E-state index contributed by atoms with van der Waals surface area (Å²) in [6.07, 6.45) is 8.43. The summed E-state index contributed by atoms with van der Waals surface area (Å²) < 4.78 is 2.10. The summed E-state index contributed by atoms with van der Waals surface area (Å²) in [6, 6.07) is 8.36. The highest BCUT2D eigenvalue weighted by Crippen LogP contribution is 2.29. The fourth-order valence-electron chi connectivity index (χ4n) is 2.68. The van der Waals surface area contributed by atoms with Crippen molar-refractivity contribution >= 4 is 11.8 Å². The van der Waals surface area contributed by atoms with Gasteiger partial charge in [-0.15, -0.1) is 11.8 Å². The van der Waals surface area contributed by atoms with Crippen molar-refractivity contribution in [3.05, 3.63) is 41.5 Å². The molecule has 0 fully saturated rings. The predicted molar refractivity (Wildman–Crippen MR) is 76.7 cm³/mol. The van der Waals surface area contributed by atoms with E-state index in [1.165, 1.54) is 24.2 Å². The average molecular weight is 269 g/mol. The van der Waals surface area contributed by atoms with E-state index >= 15 is 0 Å². The molecule has 2 aromatic rings. The van der Waals surface area contributed by atoms with Gasteiger partial charge < -0.3 is 4.57 Å². The lowest BCUT2D eigenvalue weighted by Gasteiger charge is -2.15. The first-order valence-electron chi connectivity index (χ1n) is 6.47. The number of fused-ring (bicyclic) bond motifs is 1. The highest BCUT2D eigenvalue weighted by atomic mass is 32.2. The van der Waals surface area contributed by atoms with E-state index in [1.807, 2.05) is 30.8 Å². The van der Waals surface area contributed by atoms with Crippen LogP contribution in [0.3, 0.4) is 0 Å². The van der Waals surface area contributed by atoms with Gasteiger partial charge in [0.1, 0.15) is 6.07 Å². The molecular formula is C15H15N3S. The molecule has 0 unspecified atom stereocenters. The summed E-state index contributed by atoms with van der Waals surface area (Å²) in [5, 5.41) is 9.44. The second-order valence-electron chi connectivity index (χ2n) is 4.68. The Morgan fingerprint density at radius 2 is 2.16 bits per heavy atom. The van der Waals surface area contributed by atoms with Crippen LogP contribution in [0.1, 0.15) is 29.8 Å². The van der Waals surface area contributed by atoms with Gasteiger partial charge >= 0.3 is 0 Å². The summed E-state index contributed by atoms with van der Waals surface area (Å²) in [5.41, 5.74) is 4.19. The fraction of sp³-hybridized carbons (Fsp3) is 0.333. The third-order valence-corrected chi connectivity index (χ3v) is 4.41. The molecule has 4 heteroatoms. The topological polar surface area (TPSA) is 41.6 Å². The Bertz CT molecular complexity index is 652. The smallest absolute Gasteiger partial charge is 0.103 e. The van der Waals surface area contributed by atoms with Gasteiger partial charge in [-0.25, -0.2) is 4.98 Å². The van der Waals surface area contributed by atoms with E-state index in [9.17, 15) is 5.26 Å². The lowest BCUT2D eigenvalue weighted by atomic mass is 10.0. The molecule has 0 N–H and O–H groups in total. The highest BCUT2D eigenvalue weighted by molar-refractivity contribution is 7.98. The molecule has 0 saturated carbocycles. The third kappa shape index (κ3) is 2.04. The number of benzene rings is 1. The van der Waals surface area contributed by atoms with E-state index < -0.39 is 0 Å². The molecule has 0 amide bonds. The molecule has 0 atom stereocenters. The Morgan fingerprint density at radius 3 is 2.95 bits per heavy atom. The normalized spacial score (nSPS) is 13.9. The standard InChI is InChI=1S/C15H15N3S/c1-19-15-8-4-7-13(11(15)9-16)18-10-17-12-5-2-3-6-14(12)18/h4,7-8,10H,2-3,5-6H2,1H3. The van der Waals surface area contributed by atoms with Crippen molar-refractivity contribution in [1.82, 2.24) is 9.55 Å². The molecule has 1 heterocycles. The fourth-order valence-corrected chi connectivity index (χ4v) is 3.25. The Kier molecular flexibility index (Phi) is 3.31. The molecule has 0 bridgehead atoms. The zero-order valence-electron chi connectivity index (χ0n) is 10.9. The number of aryl methyl sites for hydroxylation is 1. The van der Waals surface area contributed by atoms with Crippen molar-refractivity contribution < 1.29 is 0 Å². The minimum Gasteiger partial charge on any atom is -0.302 e. The number of imidazole rings is 1. The zero-order chi connectivity index (χ0) is 13.2. The second-order valence-corrected chi connectivity index (χ2v) is 5.53. The number of hydrogen-bond acceptors (Lipinski definition) is 3. The van der Waals surface area contributed by atoms with E-state index in [2.05, 4.69) is 15.6 Å². The Hall–Kier alpha value is -1.73. The van der Waals surface area contributed by atoms with Gasteiger partial charge in [-0.1, -0.05) is 6.07 Å². The van der Waals surface area contributed by atoms with Gasteiger partial charge in [-0.05, 0) is 44.1 Å². The summed E-state index contributed by atoms with van der Waals surface area (Å²) in [6.45, 7) is 0. The van der Waals surface area contributed by atoms with Crippen molar-refractivity contribution in [2.45, 2.75) is 30.6 Å². The van der Waals surface area contributed by atoms with Gasteiger partial charge in [0.25, 0.3) is 0 Å². The third-order valence-electron chi connectivity index (χ3n) is 3.63. The van der Waals surface area contributed by atoms with E-state index in [1.54, 1.807) is 11.8 Å². The van der Waals surface area contributed by atoms with Crippen LogP contribution in [-0.4, -0.2) is 15.8 Å². The molecule has 0 radical (unpaired) electrons. The van der Waals surface area contributed by atoms with Crippen LogP contribution in [0.2, 0.25) is 0 Å². The number of hydrogen-bond donors (Lipinski definition) is 0. The monoisotopic (exact) mass is 269 g/mol. The predicted octanol–water partition coefficient (Wildman–Crippen LogP) is 3.34. The quantitative estimate of drug-likeness (QED) is 0.785. The number of nitriles is 1. The van der Waals surface area contributed by atoms with Crippen LogP contribution in [0.25, 0.3) is 5.69 Å². The molecule has 1 aromatic heterocycles. The van der Waals surface area contributed by atoms with Crippen LogP contribution >= 0.6 is 11.8 Å². The molecule has 96 valence electrons. The average Bonchev–Trinajstić information content (AvgIpc) is 2.90. The molecule has 0 aliphatic heterocycles. The molecule has 1 aliphatic carbocycles. The second kappa shape index (κ2) is 5.10. The Labute approximate surface area is 117 Å². The lowest BCUT2D eigenvalue weighted by Crippen LogP contribution is -2.08. The molecular weight excluding hydrogens is 254 g/mol. The highest BCUT2D eigenvalue weighted by Gasteiger charge is 2.18. The maximum atomic E-state index is 9.44. The molecule has 0 spiro atoms. The van der Waals surface area contributed by atoms with Crippen LogP contribution in [-0.2, 0) is 12.8 Å². The first-order valence-corrected chi connectivity index (χ1v) is 7.70. The molecule has 19 heavy (non-hydrogen) atoms. The van der Waals surface area contributed by atoms with Gasteiger partial charge in [0, 0.05) is 10.6 Å². The van der Waals surface area contributed by atoms with Gasteiger partial charge in [-0.2, -0.15) is 5.26 Å². The maximum absolute atomic E-state index is 9.44. The Balaban J connectivity index is 2.18. The molecule has 3 rings (SSSR count). The molecule has 1 aliphatic rings. The van der Waals surface area contributed by atoms with Gasteiger partial charge in [0.05, 0.1) is 23.3 Å². The van der Waals surface area contributed by atoms with E-state index in [-0.39, 0.29) is 0 Å². The van der Waals surface area contributed by atoms with Gasteiger partial charge in [0.2, 0.25) is 0 Å². The zero-order valence-corrected chi connectivity index (χ0v) is 11.7. The van der Waals surface area contributed by atoms with Crippen LogP contribution < -0.4 is 0 Å². The minimum atomic E-state index is 0.751. The van der Waals surface area contributed by atoms with Crippen molar-refractivity contribution in [3.63, 3.8) is 0 Å². The number of aromatic nitrogens is 2. The summed E-state index contributed by atoms with van der Waals surface area (Å²) in [4.78, 5) is 5.54. The summed E-state index contributed by atoms with van der Waals surface area (Å²) in [7, 11) is 0. The van der Waals surface area contributed by atoms with E-state index in [0.29, 0.717) is 0 Å². The van der Waals surface area contributed by atoms with Crippen LogP contribution in [0.4, 0.5) is 0 Å². The summed E-state index contributed by atoms with van der Waals surface area (Å²) >= 11 is 1.61. The van der Waals surface area contributed by atoms with Crippen LogP contribution in [0.15, 0.2) is 29.4 Å². The molecule has 1 aromatic carbocycles. The summed E-state index contributed by atoms with van der Waals surface area (Å²) in [5.74, 6) is 0. The SMILES string of the molecule is CSc1cccc(-n2cnc3c2CCCC3)c1C#N. The lowest BCUT2D eigenvalue weighted by molar-refractivity contribution is 0.655. The minimum absolute atomic E-state index is 0.751. The first-order chi connectivity index (χ1) is 9.35. The van der Waals surface area contributed by atoms with Crippen molar-refractivity contribution in [2.24, 2.45) is 0 Å². The van der Waals surface area contributed by atoms with E-state index in [4.69, 9.17) is 0 Å². The van der Waals surface area contributed by atoms with Crippen LogP contribution in [0, 0.1) is 11.3 Å².